The highest BCUT2D eigenvalue weighted by molar-refractivity contribution is 5.85. The molecule has 0 unspecified atom stereocenters. The third-order valence-corrected chi connectivity index (χ3v) is 3.81. The number of aryl methyl sites for hydroxylation is 1. The molecule has 0 fully saturated rings. The Morgan fingerprint density at radius 3 is 2.54 bits per heavy atom. The fourth-order valence-electron chi connectivity index (χ4n) is 2.68. The molecule has 0 spiro atoms. The predicted octanol–water partition coefficient (Wildman–Crippen LogP) is 3.70. The van der Waals surface area contributed by atoms with E-state index >= 15 is 0 Å². The molecule has 4 aromatic rings. The Kier molecular flexibility index (Phi) is 3.67. The zero-order valence-electron chi connectivity index (χ0n) is 13.3. The highest BCUT2D eigenvalue weighted by atomic mass is 16.5. The van der Waals surface area contributed by atoms with Crippen LogP contribution in [0.2, 0.25) is 0 Å². The van der Waals surface area contributed by atoms with Crippen LogP contribution in [0.4, 0.5) is 0 Å². The van der Waals surface area contributed by atoms with E-state index in [9.17, 15) is 0 Å². The molecule has 5 nitrogen and oxygen atoms in total. The maximum atomic E-state index is 6.02. The van der Waals surface area contributed by atoms with Crippen molar-refractivity contribution in [2.45, 2.75) is 13.5 Å². The summed E-state index contributed by atoms with van der Waals surface area (Å²) >= 11 is 0. The molecule has 0 bridgehead atoms. The molecular formula is C19H16N4O. The van der Waals surface area contributed by atoms with Gasteiger partial charge in [0.05, 0.1) is 11.1 Å². The Morgan fingerprint density at radius 1 is 0.917 bits per heavy atom. The number of pyridine rings is 2. The minimum Gasteiger partial charge on any atom is -0.488 e. The first-order valence-corrected chi connectivity index (χ1v) is 7.75. The second kappa shape index (κ2) is 6.12. The van der Waals surface area contributed by atoms with Crippen LogP contribution >= 0.6 is 0 Å². The highest BCUT2D eigenvalue weighted by Crippen LogP contribution is 2.28. The largest absolute Gasteiger partial charge is 0.488 e. The Balaban J connectivity index is 1.74. The van der Waals surface area contributed by atoms with Gasteiger partial charge in [-0.05, 0) is 30.7 Å². The van der Waals surface area contributed by atoms with Crippen molar-refractivity contribution in [2.24, 2.45) is 0 Å². The Hall–Kier alpha value is -3.21. The lowest BCUT2D eigenvalue weighted by molar-refractivity contribution is 0.310. The van der Waals surface area contributed by atoms with Gasteiger partial charge in [0.1, 0.15) is 12.4 Å². The lowest BCUT2D eigenvalue weighted by atomic mass is 10.2. The number of rotatable bonds is 4. The number of ether oxygens (including phenoxy) is 1. The summed E-state index contributed by atoms with van der Waals surface area (Å²) in [5.74, 6) is 1.52. The Bertz CT molecular complexity index is 965. The van der Waals surface area contributed by atoms with Gasteiger partial charge in [0, 0.05) is 12.4 Å². The molecule has 4 rings (SSSR count). The molecule has 3 heterocycles. The van der Waals surface area contributed by atoms with Crippen LogP contribution in [0.25, 0.3) is 16.9 Å². The lowest BCUT2D eigenvalue weighted by Crippen LogP contribution is -2.00. The van der Waals surface area contributed by atoms with Crippen LogP contribution in [0.3, 0.4) is 0 Å². The van der Waals surface area contributed by atoms with Crippen molar-refractivity contribution in [3.05, 3.63) is 78.2 Å². The second-order valence-corrected chi connectivity index (χ2v) is 5.47. The summed E-state index contributed by atoms with van der Waals surface area (Å²) in [7, 11) is 0. The Labute approximate surface area is 139 Å². The van der Waals surface area contributed by atoms with Crippen LogP contribution in [0.1, 0.15) is 11.3 Å². The van der Waals surface area contributed by atoms with E-state index in [-0.39, 0.29) is 0 Å². The van der Waals surface area contributed by atoms with Gasteiger partial charge in [0.25, 0.3) is 0 Å². The van der Waals surface area contributed by atoms with Crippen LogP contribution in [-0.2, 0) is 6.61 Å². The van der Waals surface area contributed by atoms with Gasteiger partial charge in [-0.15, -0.1) is 0 Å². The van der Waals surface area contributed by atoms with Crippen LogP contribution < -0.4 is 4.74 Å². The zero-order chi connectivity index (χ0) is 16.4. The van der Waals surface area contributed by atoms with Gasteiger partial charge in [-0.1, -0.05) is 36.4 Å². The molecular weight excluding hydrogens is 300 g/mol. The molecule has 24 heavy (non-hydrogen) atoms. The van der Waals surface area contributed by atoms with Crippen molar-refractivity contribution in [3.63, 3.8) is 0 Å². The maximum absolute atomic E-state index is 6.02. The fourth-order valence-corrected chi connectivity index (χ4v) is 2.68. The van der Waals surface area contributed by atoms with Gasteiger partial charge < -0.3 is 4.74 Å². The molecule has 0 N–H and O–H groups in total. The number of fused-ring (bicyclic) bond motifs is 1. The van der Waals surface area contributed by atoms with Crippen molar-refractivity contribution in [1.82, 2.24) is 19.7 Å². The smallest absolute Gasteiger partial charge is 0.168 e. The van der Waals surface area contributed by atoms with E-state index in [1.54, 1.807) is 17.1 Å². The number of nitrogens with zero attached hydrogens (tertiary/aromatic N) is 4. The molecule has 0 radical (unpaired) electrons. The highest BCUT2D eigenvalue weighted by Gasteiger charge is 2.15. The third-order valence-electron chi connectivity index (χ3n) is 3.81. The molecule has 0 saturated heterocycles. The first-order valence-electron chi connectivity index (χ1n) is 7.75. The summed E-state index contributed by atoms with van der Waals surface area (Å²) in [4.78, 5) is 8.83. The number of hydrogen-bond acceptors (Lipinski definition) is 4. The van der Waals surface area contributed by atoms with Crippen molar-refractivity contribution < 1.29 is 4.74 Å². The number of aromatic nitrogens is 4. The van der Waals surface area contributed by atoms with Gasteiger partial charge in [0.15, 0.2) is 11.5 Å². The van der Waals surface area contributed by atoms with Gasteiger partial charge in [-0.2, -0.15) is 9.78 Å². The molecule has 5 heteroatoms. The van der Waals surface area contributed by atoms with E-state index in [4.69, 9.17) is 4.74 Å². The Morgan fingerprint density at radius 2 is 1.75 bits per heavy atom. The first-order chi connectivity index (χ1) is 11.8. The number of hydrogen-bond donors (Lipinski definition) is 0. The average Bonchev–Trinajstić information content (AvgIpc) is 2.99. The van der Waals surface area contributed by atoms with Crippen LogP contribution in [0.5, 0.6) is 5.75 Å². The minimum atomic E-state index is 0.508. The molecule has 118 valence electrons. The summed E-state index contributed by atoms with van der Waals surface area (Å²) in [6.07, 6.45) is 3.48. The quantitative estimate of drug-likeness (QED) is 0.576. The van der Waals surface area contributed by atoms with E-state index in [0.717, 1.165) is 33.9 Å². The normalized spacial score (nSPS) is 10.9. The van der Waals surface area contributed by atoms with E-state index in [1.807, 2.05) is 61.5 Å². The van der Waals surface area contributed by atoms with Crippen molar-refractivity contribution >= 4 is 11.0 Å². The van der Waals surface area contributed by atoms with E-state index in [0.29, 0.717) is 6.61 Å². The molecule has 3 aromatic heterocycles. The molecule has 1 aromatic carbocycles. The maximum Gasteiger partial charge on any atom is 0.168 e. The van der Waals surface area contributed by atoms with Gasteiger partial charge in [0.2, 0.25) is 0 Å². The summed E-state index contributed by atoms with van der Waals surface area (Å²) in [5.41, 5.74) is 2.74. The molecule has 0 atom stereocenters. The molecule has 0 amide bonds. The van der Waals surface area contributed by atoms with E-state index in [1.165, 1.54) is 0 Å². The van der Waals surface area contributed by atoms with E-state index in [2.05, 4.69) is 15.1 Å². The minimum absolute atomic E-state index is 0.508. The fraction of sp³-hybridized carbons (Fsp3) is 0.105. The predicted molar refractivity (Wildman–Crippen MR) is 92.2 cm³/mol. The average molecular weight is 316 g/mol. The lowest BCUT2D eigenvalue weighted by Gasteiger charge is -2.08. The molecule has 0 aliphatic rings. The standard InChI is InChI=1S/C19H16N4O/c1-14-18-16(24-13-15-7-3-2-4-8-15)10-12-21-19(18)23(22-14)17-9-5-6-11-20-17/h2-12H,13H2,1H3. The van der Waals surface area contributed by atoms with E-state index < -0.39 is 0 Å². The van der Waals surface area contributed by atoms with Gasteiger partial charge in [-0.3, -0.25) is 0 Å². The van der Waals surface area contributed by atoms with Gasteiger partial charge >= 0.3 is 0 Å². The topological polar surface area (TPSA) is 52.8 Å². The van der Waals surface area contributed by atoms with Crippen LogP contribution in [0.15, 0.2) is 67.0 Å². The second-order valence-electron chi connectivity index (χ2n) is 5.47. The number of benzene rings is 1. The van der Waals surface area contributed by atoms with Gasteiger partial charge in [-0.25, -0.2) is 9.97 Å². The SMILES string of the molecule is Cc1nn(-c2ccccn2)c2nccc(OCc3ccccc3)c12. The van der Waals surface area contributed by atoms with Crippen LogP contribution in [-0.4, -0.2) is 19.7 Å². The van der Waals surface area contributed by atoms with Crippen molar-refractivity contribution in [2.75, 3.05) is 0 Å². The summed E-state index contributed by atoms with van der Waals surface area (Å²) < 4.78 is 7.77. The molecule has 0 aliphatic heterocycles. The summed E-state index contributed by atoms with van der Waals surface area (Å²) in [6.45, 7) is 2.47. The zero-order valence-corrected chi connectivity index (χ0v) is 13.3. The van der Waals surface area contributed by atoms with Crippen LogP contribution in [0, 0.1) is 6.92 Å². The third kappa shape index (κ3) is 2.60. The van der Waals surface area contributed by atoms with Crippen molar-refractivity contribution in [1.29, 1.82) is 0 Å². The molecule has 0 saturated carbocycles. The first kappa shape index (κ1) is 14.4. The summed E-state index contributed by atoms with van der Waals surface area (Å²) in [5, 5.41) is 5.50. The molecule has 0 aliphatic carbocycles. The van der Waals surface area contributed by atoms with Crippen molar-refractivity contribution in [3.8, 4) is 11.6 Å². The monoisotopic (exact) mass is 316 g/mol. The summed E-state index contributed by atoms with van der Waals surface area (Å²) in [6, 6.07) is 17.7.